The van der Waals surface area contributed by atoms with Crippen molar-refractivity contribution >= 4 is 10.9 Å². The molecule has 1 unspecified atom stereocenters. The molecule has 1 fully saturated rings. The molecular formula is C19H23F3N2. The number of benzene rings is 1. The van der Waals surface area contributed by atoms with Crippen molar-refractivity contribution in [3.05, 3.63) is 41.6 Å². The van der Waals surface area contributed by atoms with Crippen LogP contribution in [0.2, 0.25) is 0 Å². The molecule has 1 saturated carbocycles. The van der Waals surface area contributed by atoms with Gasteiger partial charge in [0.15, 0.2) is 0 Å². The highest BCUT2D eigenvalue weighted by molar-refractivity contribution is 5.83. The van der Waals surface area contributed by atoms with Crippen molar-refractivity contribution in [1.82, 2.24) is 4.98 Å². The van der Waals surface area contributed by atoms with Gasteiger partial charge in [-0.2, -0.15) is 13.2 Å². The van der Waals surface area contributed by atoms with E-state index < -0.39 is 11.7 Å². The third kappa shape index (κ3) is 3.41. The van der Waals surface area contributed by atoms with Gasteiger partial charge in [0.25, 0.3) is 0 Å². The largest absolute Gasteiger partial charge is 0.416 e. The Kier molecular flexibility index (Phi) is 4.81. The summed E-state index contributed by atoms with van der Waals surface area (Å²) in [6.07, 6.45) is 2.40. The molecule has 1 aliphatic carbocycles. The Morgan fingerprint density at radius 1 is 1.17 bits per heavy atom. The number of fused-ring (bicyclic) bond motifs is 1. The second-order valence-electron chi connectivity index (χ2n) is 6.81. The highest BCUT2D eigenvalue weighted by atomic mass is 19.4. The van der Waals surface area contributed by atoms with Crippen LogP contribution in [0.1, 0.15) is 56.1 Å². The van der Waals surface area contributed by atoms with Crippen molar-refractivity contribution in [2.24, 2.45) is 11.7 Å². The lowest BCUT2D eigenvalue weighted by Crippen LogP contribution is -2.32. The predicted molar refractivity (Wildman–Crippen MR) is 89.7 cm³/mol. The maximum absolute atomic E-state index is 13.0. The average Bonchev–Trinajstić information content (AvgIpc) is 2.59. The molecular weight excluding hydrogens is 313 g/mol. The number of pyridine rings is 1. The lowest BCUT2D eigenvalue weighted by Gasteiger charge is -2.32. The normalized spacial score (nSPS) is 23.4. The van der Waals surface area contributed by atoms with Crippen LogP contribution in [0.25, 0.3) is 10.9 Å². The van der Waals surface area contributed by atoms with E-state index in [0.29, 0.717) is 22.7 Å². The zero-order valence-corrected chi connectivity index (χ0v) is 13.8. The number of alkyl halides is 3. The van der Waals surface area contributed by atoms with Crippen LogP contribution in [0, 0.1) is 5.92 Å². The van der Waals surface area contributed by atoms with Gasteiger partial charge in [-0.05, 0) is 73.8 Å². The van der Waals surface area contributed by atoms with E-state index in [0.717, 1.165) is 43.7 Å². The number of aromatic nitrogens is 1. The summed E-state index contributed by atoms with van der Waals surface area (Å²) in [6.45, 7) is 2.10. The SMILES string of the molecule is CCC(N)C1CCC(c2ccnc3ccc(C(F)(F)F)cc23)CC1. The highest BCUT2D eigenvalue weighted by Crippen LogP contribution is 2.40. The maximum atomic E-state index is 13.0. The zero-order chi connectivity index (χ0) is 17.3. The minimum Gasteiger partial charge on any atom is -0.327 e. The topological polar surface area (TPSA) is 38.9 Å². The summed E-state index contributed by atoms with van der Waals surface area (Å²) in [5.41, 5.74) is 7.18. The minimum atomic E-state index is -4.33. The monoisotopic (exact) mass is 336 g/mol. The van der Waals surface area contributed by atoms with Crippen LogP contribution in [0.4, 0.5) is 13.2 Å². The van der Waals surface area contributed by atoms with Crippen LogP contribution in [0.5, 0.6) is 0 Å². The number of hydrogen-bond donors (Lipinski definition) is 1. The van der Waals surface area contributed by atoms with E-state index in [1.165, 1.54) is 12.1 Å². The standard InChI is InChI=1S/C19H23F3N2/c1-2-17(23)13-5-3-12(4-6-13)15-9-10-24-18-8-7-14(11-16(15)18)19(20,21)22/h7-13,17H,2-6,23H2,1H3. The van der Waals surface area contributed by atoms with Gasteiger partial charge in [-0.1, -0.05) is 6.92 Å². The van der Waals surface area contributed by atoms with E-state index in [4.69, 9.17) is 5.73 Å². The Bertz CT molecular complexity index is 703. The van der Waals surface area contributed by atoms with Crippen molar-refractivity contribution in [3.8, 4) is 0 Å². The fraction of sp³-hybridized carbons (Fsp3) is 0.526. The minimum absolute atomic E-state index is 0.233. The van der Waals surface area contributed by atoms with Crippen molar-refractivity contribution < 1.29 is 13.2 Å². The number of hydrogen-bond acceptors (Lipinski definition) is 2. The first-order valence-corrected chi connectivity index (χ1v) is 8.61. The third-order valence-electron chi connectivity index (χ3n) is 5.39. The summed E-state index contributed by atoms with van der Waals surface area (Å²) in [7, 11) is 0. The van der Waals surface area contributed by atoms with Crippen LogP contribution in [0.3, 0.4) is 0 Å². The van der Waals surface area contributed by atoms with Gasteiger partial charge in [0, 0.05) is 17.6 Å². The predicted octanol–water partition coefficient (Wildman–Crippen LogP) is 5.26. The summed E-state index contributed by atoms with van der Waals surface area (Å²) in [6, 6.07) is 5.95. The molecule has 24 heavy (non-hydrogen) atoms. The quantitative estimate of drug-likeness (QED) is 0.830. The van der Waals surface area contributed by atoms with Crippen LogP contribution < -0.4 is 5.73 Å². The van der Waals surface area contributed by atoms with Gasteiger partial charge in [0.1, 0.15) is 0 Å². The summed E-state index contributed by atoms with van der Waals surface area (Å²) in [5, 5.41) is 0.635. The van der Waals surface area contributed by atoms with E-state index in [1.54, 1.807) is 6.20 Å². The Morgan fingerprint density at radius 2 is 1.88 bits per heavy atom. The third-order valence-corrected chi connectivity index (χ3v) is 5.39. The molecule has 1 aromatic carbocycles. The highest BCUT2D eigenvalue weighted by Gasteiger charge is 2.31. The molecule has 2 nitrogen and oxygen atoms in total. The molecule has 1 atom stereocenters. The van der Waals surface area contributed by atoms with Crippen molar-refractivity contribution in [2.45, 2.75) is 57.2 Å². The van der Waals surface area contributed by atoms with Crippen LogP contribution >= 0.6 is 0 Å². The summed E-state index contributed by atoms with van der Waals surface area (Å²) in [5.74, 6) is 0.823. The number of nitrogens with zero attached hydrogens (tertiary/aromatic N) is 1. The van der Waals surface area contributed by atoms with Crippen molar-refractivity contribution in [2.75, 3.05) is 0 Å². The number of nitrogens with two attached hydrogens (primary N) is 1. The van der Waals surface area contributed by atoms with Gasteiger partial charge in [-0.3, -0.25) is 4.98 Å². The first kappa shape index (κ1) is 17.2. The fourth-order valence-corrected chi connectivity index (χ4v) is 3.89. The van der Waals surface area contributed by atoms with Gasteiger partial charge >= 0.3 is 6.18 Å². The Morgan fingerprint density at radius 3 is 2.50 bits per heavy atom. The van der Waals surface area contributed by atoms with Crippen LogP contribution in [-0.2, 0) is 6.18 Å². The average molecular weight is 336 g/mol. The molecule has 0 amide bonds. The zero-order valence-electron chi connectivity index (χ0n) is 13.8. The molecule has 0 spiro atoms. The van der Waals surface area contributed by atoms with Gasteiger partial charge in [0.05, 0.1) is 11.1 Å². The van der Waals surface area contributed by atoms with E-state index in [1.807, 2.05) is 6.07 Å². The van der Waals surface area contributed by atoms with Crippen molar-refractivity contribution in [1.29, 1.82) is 0 Å². The van der Waals surface area contributed by atoms with E-state index >= 15 is 0 Å². The molecule has 1 aliphatic rings. The molecule has 1 heterocycles. The lowest BCUT2D eigenvalue weighted by molar-refractivity contribution is -0.137. The first-order chi connectivity index (χ1) is 11.4. The molecule has 130 valence electrons. The molecule has 2 N–H and O–H groups in total. The molecule has 2 aromatic rings. The van der Waals surface area contributed by atoms with E-state index in [9.17, 15) is 13.2 Å². The Balaban J connectivity index is 1.90. The summed E-state index contributed by atoms with van der Waals surface area (Å²) in [4.78, 5) is 4.23. The molecule has 3 rings (SSSR count). The molecule has 1 aromatic heterocycles. The van der Waals surface area contributed by atoms with E-state index in [-0.39, 0.29) is 6.04 Å². The second kappa shape index (κ2) is 6.71. The maximum Gasteiger partial charge on any atom is 0.416 e. The van der Waals surface area contributed by atoms with Gasteiger partial charge in [0.2, 0.25) is 0 Å². The summed E-state index contributed by atoms with van der Waals surface area (Å²) < 4.78 is 39.1. The number of halogens is 3. The van der Waals surface area contributed by atoms with Gasteiger partial charge in [-0.15, -0.1) is 0 Å². The fourth-order valence-electron chi connectivity index (χ4n) is 3.89. The lowest BCUT2D eigenvalue weighted by atomic mass is 9.75. The van der Waals surface area contributed by atoms with E-state index in [2.05, 4.69) is 11.9 Å². The van der Waals surface area contributed by atoms with Crippen LogP contribution in [-0.4, -0.2) is 11.0 Å². The smallest absolute Gasteiger partial charge is 0.327 e. The molecule has 0 aliphatic heterocycles. The van der Waals surface area contributed by atoms with Gasteiger partial charge < -0.3 is 5.73 Å². The van der Waals surface area contributed by atoms with Gasteiger partial charge in [-0.25, -0.2) is 0 Å². The molecule has 0 saturated heterocycles. The molecule has 0 radical (unpaired) electrons. The Hall–Kier alpha value is -1.62. The second-order valence-corrected chi connectivity index (χ2v) is 6.81. The molecule has 5 heteroatoms. The van der Waals surface area contributed by atoms with Crippen molar-refractivity contribution in [3.63, 3.8) is 0 Å². The molecule has 0 bridgehead atoms. The Labute approximate surface area is 140 Å². The number of rotatable bonds is 3. The van der Waals surface area contributed by atoms with Crippen LogP contribution in [0.15, 0.2) is 30.5 Å². The first-order valence-electron chi connectivity index (χ1n) is 8.61. The summed E-state index contributed by atoms with van der Waals surface area (Å²) >= 11 is 0.